The van der Waals surface area contributed by atoms with Crippen LogP contribution in [0.1, 0.15) is 11.1 Å². The summed E-state index contributed by atoms with van der Waals surface area (Å²) in [5.41, 5.74) is 0.763. The zero-order chi connectivity index (χ0) is 15.2. The predicted molar refractivity (Wildman–Crippen MR) is 76.9 cm³/mol. The Morgan fingerprint density at radius 3 is 2.86 bits per heavy atom. The molecule has 0 saturated carbocycles. The van der Waals surface area contributed by atoms with Crippen molar-refractivity contribution in [1.82, 2.24) is 15.1 Å². The van der Waals surface area contributed by atoms with E-state index in [-0.39, 0.29) is 12.5 Å². The molecule has 1 fully saturated rings. The first-order valence-electron chi connectivity index (χ1n) is 6.95. The van der Waals surface area contributed by atoms with Gasteiger partial charge in [0.25, 0.3) is 0 Å². The largest absolute Gasteiger partial charge is 0.340 e. The average Bonchev–Trinajstić information content (AvgIpc) is 2.50. The number of rotatable bonds is 4. The summed E-state index contributed by atoms with van der Waals surface area (Å²) in [7, 11) is 1.66. The van der Waals surface area contributed by atoms with Gasteiger partial charge in [0.15, 0.2) is 0 Å². The third-order valence-electron chi connectivity index (χ3n) is 3.58. The highest BCUT2D eigenvalue weighted by atomic mass is 19.1. The highest BCUT2D eigenvalue weighted by Crippen LogP contribution is 2.12. The summed E-state index contributed by atoms with van der Waals surface area (Å²) < 4.78 is 13.7. The Morgan fingerprint density at radius 2 is 2.19 bits per heavy atom. The quantitative estimate of drug-likeness (QED) is 0.880. The minimum absolute atomic E-state index is 0.0429. The Hall–Kier alpha value is -1.97. The molecule has 1 aliphatic heterocycles. The van der Waals surface area contributed by atoms with E-state index in [0.717, 1.165) is 26.2 Å². The number of carbonyl (C=O) groups is 1. The molecule has 112 valence electrons. The van der Waals surface area contributed by atoms with Gasteiger partial charge >= 0.3 is 0 Å². The Balaban J connectivity index is 1.95. The molecule has 0 spiro atoms. The first kappa shape index (κ1) is 15.4. The second-order valence-corrected chi connectivity index (χ2v) is 5.19. The van der Waals surface area contributed by atoms with Crippen LogP contribution in [0.4, 0.5) is 4.39 Å². The molecule has 1 aromatic rings. The molecule has 0 unspecified atom stereocenters. The zero-order valence-corrected chi connectivity index (χ0v) is 12.1. The average molecular weight is 290 g/mol. The number of amides is 1. The second kappa shape index (κ2) is 7.16. The highest BCUT2D eigenvalue weighted by Gasteiger charge is 2.17. The van der Waals surface area contributed by atoms with E-state index in [9.17, 15) is 9.18 Å². The minimum Gasteiger partial charge on any atom is -0.340 e. The van der Waals surface area contributed by atoms with Crippen molar-refractivity contribution in [2.45, 2.75) is 6.54 Å². The molecule has 6 heteroatoms. The molecular formula is C15H19FN4O. The van der Waals surface area contributed by atoms with Crippen molar-refractivity contribution in [2.24, 2.45) is 0 Å². The van der Waals surface area contributed by atoms with Gasteiger partial charge in [0.1, 0.15) is 5.82 Å². The van der Waals surface area contributed by atoms with Crippen molar-refractivity contribution in [3.05, 3.63) is 35.1 Å². The fourth-order valence-electron chi connectivity index (χ4n) is 2.29. The van der Waals surface area contributed by atoms with Crippen molar-refractivity contribution < 1.29 is 9.18 Å². The Morgan fingerprint density at radius 1 is 1.48 bits per heavy atom. The molecule has 1 saturated heterocycles. The van der Waals surface area contributed by atoms with Gasteiger partial charge < -0.3 is 10.2 Å². The van der Waals surface area contributed by atoms with E-state index < -0.39 is 5.82 Å². The van der Waals surface area contributed by atoms with Gasteiger partial charge in [-0.15, -0.1) is 0 Å². The summed E-state index contributed by atoms with van der Waals surface area (Å²) >= 11 is 0. The maximum absolute atomic E-state index is 13.7. The van der Waals surface area contributed by atoms with Crippen LogP contribution in [0.3, 0.4) is 0 Å². The van der Waals surface area contributed by atoms with Crippen molar-refractivity contribution in [2.75, 3.05) is 39.8 Å². The van der Waals surface area contributed by atoms with Crippen molar-refractivity contribution in [3.8, 4) is 6.07 Å². The van der Waals surface area contributed by atoms with E-state index in [0.29, 0.717) is 17.7 Å². The number of nitrogens with zero attached hydrogens (tertiary/aromatic N) is 3. The zero-order valence-electron chi connectivity index (χ0n) is 12.1. The fraction of sp³-hybridized carbons (Fsp3) is 0.467. The van der Waals surface area contributed by atoms with Crippen LogP contribution in [0.25, 0.3) is 0 Å². The Labute approximate surface area is 123 Å². The van der Waals surface area contributed by atoms with Crippen LogP contribution in [0.5, 0.6) is 0 Å². The van der Waals surface area contributed by atoms with Crippen molar-refractivity contribution in [1.29, 1.82) is 5.26 Å². The van der Waals surface area contributed by atoms with Gasteiger partial charge in [-0.1, -0.05) is 0 Å². The molecule has 1 amide bonds. The topological polar surface area (TPSA) is 59.4 Å². The van der Waals surface area contributed by atoms with Gasteiger partial charge in [-0.25, -0.2) is 4.39 Å². The molecule has 1 heterocycles. The van der Waals surface area contributed by atoms with E-state index in [1.807, 2.05) is 6.07 Å². The maximum Gasteiger partial charge on any atom is 0.236 e. The van der Waals surface area contributed by atoms with E-state index in [2.05, 4.69) is 10.2 Å². The molecule has 5 nitrogen and oxygen atoms in total. The molecule has 1 aromatic carbocycles. The van der Waals surface area contributed by atoms with Crippen LogP contribution in [0.2, 0.25) is 0 Å². The predicted octanol–water partition coefficient (Wildman–Crippen LogP) is 0.561. The number of likely N-dealkylation sites (N-methyl/N-ethyl adjacent to an activating group) is 1. The summed E-state index contributed by atoms with van der Waals surface area (Å²) in [4.78, 5) is 15.7. The van der Waals surface area contributed by atoms with Crippen LogP contribution in [0.15, 0.2) is 18.2 Å². The maximum atomic E-state index is 13.7. The molecule has 0 radical (unpaired) electrons. The molecule has 2 rings (SSSR count). The van der Waals surface area contributed by atoms with Crippen molar-refractivity contribution in [3.63, 3.8) is 0 Å². The van der Waals surface area contributed by atoms with Crippen LogP contribution in [-0.4, -0.2) is 55.5 Å². The van der Waals surface area contributed by atoms with E-state index in [4.69, 9.17) is 5.26 Å². The number of hydrogen-bond donors (Lipinski definition) is 1. The molecule has 0 atom stereocenters. The number of piperazine rings is 1. The molecule has 0 aliphatic carbocycles. The normalized spacial score (nSPS) is 15.5. The van der Waals surface area contributed by atoms with E-state index in [1.54, 1.807) is 7.05 Å². The lowest BCUT2D eigenvalue weighted by Crippen LogP contribution is -2.47. The number of carbonyl (C=O) groups excluding carboxylic acids is 1. The fourth-order valence-corrected chi connectivity index (χ4v) is 2.29. The molecular weight excluding hydrogens is 271 g/mol. The lowest BCUT2D eigenvalue weighted by atomic mass is 10.1. The highest BCUT2D eigenvalue weighted by molar-refractivity contribution is 5.78. The summed E-state index contributed by atoms with van der Waals surface area (Å²) in [6.45, 7) is 3.98. The molecule has 1 aliphatic rings. The van der Waals surface area contributed by atoms with Gasteiger partial charge in [0, 0.05) is 45.3 Å². The smallest absolute Gasteiger partial charge is 0.236 e. The third kappa shape index (κ3) is 4.25. The summed E-state index contributed by atoms with van der Waals surface area (Å²) in [5.74, 6) is -0.436. The monoisotopic (exact) mass is 290 g/mol. The first-order chi connectivity index (χ1) is 10.1. The van der Waals surface area contributed by atoms with Crippen molar-refractivity contribution >= 4 is 5.91 Å². The van der Waals surface area contributed by atoms with Gasteiger partial charge in [-0.2, -0.15) is 5.26 Å². The van der Waals surface area contributed by atoms with Gasteiger partial charge in [-0.3, -0.25) is 9.69 Å². The Kier molecular flexibility index (Phi) is 5.26. The van der Waals surface area contributed by atoms with Gasteiger partial charge in [0.2, 0.25) is 5.91 Å². The summed E-state index contributed by atoms with van der Waals surface area (Å²) in [6.07, 6.45) is 0. The molecule has 21 heavy (non-hydrogen) atoms. The second-order valence-electron chi connectivity index (χ2n) is 5.19. The summed E-state index contributed by atoms with van der Waals surface area (Å²) in [5, 5.41) is 12.1. The SMILES string of the molecule is CN(Cc1cc(C#N)ccc1F)C(=O)CN1CCNCC1. The lowest BCUT2D eigenvalue weighted by Gasteiger charge is -2.28. The lowest BCUT2D eigenvalue weighted by molar-refractivity contribution is -0.131. The standard InChI is InChI=1S/C15H19FN4O/c1-19(15(21)11-20-6-4-18-5-7-20)10-13-8-12(9-17)2-3-14(13)16/h2-3,8,18H,4-7,10-11H2,1H3. The number of hydrogen-bond acceptors (Lipinski definition) is 4. The molecule has 0 aromatic heterocycles. The van der Waals surface area contributed by atoms with E-state index >= 15 is 0 Å². The van der Waals surface area contributed by atoms with Gasteiger partial charge in [0.05, 0.1) is 18.2 Å². The first-order valence-corrected chi connectivity index (χ1v) is 6.95. The number of benzene rings is 1. The van der Waals surface area contributed by atoms with Crippen LogP contribution in [-0.2, 0) is 11.3 Å². The number of nitriles is 1. The van der Waals surface area contributed by atoms with Crippen LogP contribution in [0, 0.1) is 17.1 Å². The summed E-state index contributed by atoms with van der Waals surface area (Å²) in [6, 6.07) is 6.17. The van der Waals surface area contributed by atoms with Crippen LogP contribution < -0.4 is 5.32 Å². The minimum atomic E-state index is -0.393. The molecule has 0 bridgehead atoms. The van der Waals surface area contributed by atoms with Crippen LogP contribution >= 0.6 is 0 Å². The van der Waals surface area contributed by atoms with Gasteiger partial charge in [-0.05, 0) is 18.2 Å². The Bertz CT molecular complexity index is 549. The molecule has 1 N–H and O–H groups in total. The number of halogens is 1. The number of nitrogens with one attached hydrogen (secondary N) is 1. The van der Waals surface area contributed by atoms with E-state index in [1.165, 1.54) is 23.1 Å². The third-order valence-corrected chi connectivity index (χ3v) is 3.58.